The molecule has 0 aliphatic heterocycles. The minimum absolute atomic E-state index is 0.0440. The van der Waals surface area contributed by atoms with Gasteiger partial charge in [0.05, 0.1) is 33.1 Å². The molecule has 0 saturated carbocycles. The zero-order valence-corrected chi connectivity index (χ0v) is 13.5. The third-order valence-corrected chi connectivity index (χ3v) is 3.46. The summed E-state index contributed by atoms with van der Waals surface area (Å²) in [5.74, 6) is -0.285. The van der Waals surface area contributed by atoms with E-state index >= 15 is 0 Å². The van der Waals surface area contributed by atoms with Crippen molar-refractivity contribution in [1.29, 1.82) is 0 Å². The Labute approximate surface area is 138 Å². The minimum atomic E-state index is -0.582. The van der Waals surface area contributed by atoms with E-state index in [-0.39, 0.29) is 35.2 Å². The maximum atomic E-state index is 11.9. The van der Waals surface area contributed by atoms with E-state index in [0.717, 1.165) is 0 Å². The van der Waals surface area contributed by atoms with Crippen LogP contribution in [0, 0.1) is 5.21 Å². The highest BCUT2D eigenvalue weighted by Gasteiger charge is 2.21. The second-order valence-corrected chi connectivity index (χ2v) is 4.86. The number of esters is 1. The first kappa shape index (κ1) is 17.1. The molecule has 2 rings (SSSR count). The maximum absolute atomic E-state index is 11.9. The van der Waals surface area contributed by atoms with E-state index in [1.807, 2.05) is 0 Å². The summed E-state index contributed by atoms with van der Waals surface area (Å²) in [5.41, 5.74) is 12.5. The van der Waals surface area contributed by atoms with Gasteiger partial charge in [-0.1, -0.05) is 0 Å². The van der Waals surface area contributed by atoms with Crippen LogP contribution in [0.5, 0.6) is 11.5 Å². The molecule has 9 heteroatoms. The number of benzene rings is 1. The van der Waals surface area contributed by atoms with Crippen molar-refractivity contribution in [3.05, 3.63) is 40.2 Å². The molecule has 1 heterocycles. The third kappa shape index (κ3) is 3.09. The Bertz CT molecular complexity index is 754. The lowest BCUT2D eigenvalue weighted by molar-refractivity contribution is -0.577. The topological polar surface area (TPSA) is 137 Å². The molecule has 0 fully saturated rings. The van der Waals surface area contributed by atoms with Crippen LogP contribution in [0.1, 0.15) is 21.5 Å². The standard InChI is InChI=1S/C15H18N4O5/c1-22-10-5-8(6-11(23-2)12(10)14(20)24-3)4-9-7-18-15(17)19(21)13(9)16/h5-7H,4,16H2,1-3H3,(H2,17,18). The highest BCUT2D eigenvalue weighted by atomic mass is 16.5. The van der Waals surface area contributed by atoms with Gasteiger partial charge in [0.25, 0.3) is 0 Å². The van der Waals surface area contributed by atoms with Crippen molar-refractivity contribution in [1.82, 2.24) is 4.98 Å². The van der Waals surface area contributed by atoms with E-state index in [0.29, 0.717) is 15.9 Å². The van der Waals surface area contributed by atoms with Gasteiger partial charge in [-0.05, 0) is 17.7 Å². The van der Waals surface area contributed by atoms with Crippen LogP contribution in [0.4, 0.5) is 11.8 Å². The molecule has 0 spiro atoms. The van der Waals surface area contributed by atoms with Crippen LogP contribution in [0.2, 0.25) is 0 Å². The molecule has 0 aliphatic rings. The summed E-state index contributed by atoms with van der Waals surface area (Å²) in [6.07, 6.45) is 1.70. The highest BCUT2D eigenvalue weighted by molar-refractivity contribution is 5.95. The second-order valence-electron chi connectivity index (χ2n) is 4.86. The molecule has 24 heavy (non-hydrogen) atoms. The number of carbonyl (C=O) groups excluding carboxylic acids is 1. The molecule has 0 atom stereocenters. The Kier molecular flexibility index (Phi) is 4.93. The first-order valence-electron chi connectivity index (χ1n) is 6.88. The van der Waals surface area contributed by atoms with E-state index in [4.69, 9.17) is 25.7 Å². The number of hydrogen-bond donors (Lipinski definition) is 2. The van der Waals surface area contributed by atoms with Crippen molar-refractivity contribution >= 4 is 17.7 Å². The molecule has 1 aromatic carbocycles. The normalized spacial score (nSPS) is 10.3. The number of anilines is 2. The van der Waals surface area contributed by atoms with E-state index < -0.39 is 5.97 Å². The number of nitrogens with zero attached hydrogens (tertiary/aromatic N) is 2. The summed E-state index contributed by atoms with van der Waals surface area (Å²) >= 11 is 0. The Balaban J connectivity index is 2.49. The molecule has 0 amide bonds. The lowest BCUT2D eigenvalue weighted by Crippen LogP contribution is -2.36. The number of nitrogens with two attached hydrogens (primary N) is 2. The van der Waals surface area contributed by atoms with Crippen molar-refractivity contribution in [3.63, 3.8) is 0 Å². The van der Waals surface area contributed by atoms with Gasteiger partial charge in [-0.25, -0.2) is 9.52 Å². The molecule has 0 bridgehead atoms. The van der Waals surface area contributed by atoms with Gasteiger partial charge < -0.3 is 30.9 Å². The number of aromatic nitrogens is 2. The van der Waals surface area contributed by atoms with Gasteiger partial charge in [0.15, 0.2) is 5.82 Å². The van der Waals surface area contributed by atoms with Gasteiger partial charge in [0.1, 0.15) is 17.1 Å². The molecule has 9 nitrogen and oxygen atoms in total. The first-order valence-corrected chi connectivity index (χ1v) is 6.88. The van der Waals surface area contributed by atoms with Crippen molar-refractivity contribution in [2.24, 2.45) is 0 Å². The highest BCUT2D eigenvalue weighted by Crippen LogP contribution is 2.32. The number of ether oxygens (including phenoxy) is 3. The van der Waals surface area contributed by atoms with Gasteiger partial charge in [0, 0.05) is 6.42 Å². The molecule has 2 aromatic rings. The molecule has 0 unspecified atom stereocenters. The van der Waals surface area contributed by atoms with Crippen LogP contribution in [0.15, 0.2) is 18.3 Å². The van der Waals surface area contributed by atoms with E-state index in [1.165, 1.54) is 27.5 Å². The average Bonchev–Trinajstić information content (AvgIpc) is 2.60. The van der Waals surface area contributed by atoms with Gasteiger partial charge in [0.2, 0.25) is 0 Å². The second kappa shape index (κ2) is 6.90. The number of methoxy groups -OCH3 is 3. The Hall–Kier alpha value is -3.23. The van der Waals surface area contributed by atoms with E-state index in [2.05, 4.69) is 4.98 Å². The smallest absolute Gasteiger partial charge is 0.345 e. The largest absolute Gasteiger partial charge is 0.754 e. The fraction of sp³-hybridized carbons (Fsp3) is 0.267. The van der Waals surface area contributed by atoms with Crippen LogP contribution in [0.25, 0.3) is 0 Å². The lowest BCUT2D eigenvalue weighted by atomic mass is 10.0. The average molecular weight is 334 g/mol. The predicted octanol–water partition coefficient (Wildman–Crippen LogP) is 0.274. The molecular formula is C15H18N4O5. The van der Waals surface area contributed by atoms with Gasteiger partial charge in [-0.15, -0.1) is 4.98 Å². The summed E-state index contributed by atoms with van der Waals surface area (Å²) in [7, 11) is 4.12. The molecule has 1 aromatic heterocycles. The van der Waals surface area contributed by atoms with Crippen LogP contribution in [-0.2, 0) is 11.2 Å². The zero-order chi connectivity index (χ0) is 17.9. The number of rotatable bonds is 5. The number of hydrogen-bond acceptors (Lipinski definition) is 8. The molecule has 4 N–H and O–H groups in total. The minimum Gasteiger partial charge on any atom is -0.754 e. The SMILES string of the molecule is COC(=O)c1c(OC)cc(Cc2cnc(N)[n+]([O-])c2N)cc1OC. The lowest BCUT2D eigenvalue weighted by Gasteiger charge is -2.15. The van der Waals surface area contributed by atoms with Crippen LogP contribution >= 0.6 is 0 Å². The number of nitrogen functional groups attached to an aromatic ring is 2. The number of carbonyl (C=O) groups is 1. The molecule has 0 aliphatic carbocycles. The Morgan fingerprint density at radius 2 is 1.79 bits per heavy atom. The Morgan fingerprint density at radius 3 is 2.29 bits per heavy atom. The fourth-order valence-corrected chi connectivity index (χ4v) is 2.24. The summed E-state index contributed by atoms with van der Waals surface area (Å²) in [5, 5.41) is 11.7. The summed E-state index contributed by atoms with van der Waals surface area (Å²) in [6.45, 7) is 0. The summed E-state index contributed by atoms with van der Waals surface area (Å²) in [6, 6.07) is 3.28. The van der Waals surface area contributed by atoms with Crippen LogP contribution in [-0.4, -0.2) is 32.3 Å². The van der Waals surface area contributed by atoms with Crippen molar-refractivity contribution in [2.45, 2.75) is 6.42 Å². The predicted molar refractivity (Wildman–Crippen MR) is 85.7 cm³/mol. The fourth-order valence-electron chi connectivity index (χ4n) is 2.24. The summed E-state index contributed by atoms with van der Waals surface area (Å²) in [4.78, 5) is 15.7. The van der Waals surface area contributed by atoms with Crippen molar-refractivity contribution in [3.8, 4) is 11.5 Å². The van der Waals surface area contributed by atoms with Crippen LogP contribution in [0.3, 0.4) is 0 Å². The molecule has 0 radical (unpaired) electrons. The molecule has 128 valence electrons. The van der Waals surface area contributed by atoms with E-state index in [9.17, 15) is 10.0 Å². The molecule has 0 saturated heterocycles. The van der Waals surface area contributed by atoms with Gasteiger partial charge >= 0.3 is 11.9 Å². The van der Waals surface area contributed by atoms with Crippen molar-refractivity contribution in [2.75, 3.05) is 32.8 Å². The zero-order valence-electron chi connectivity index (χ0n) is 13.5. The first-order chi connectivity index (χ1) is 11.4. The van der Waals surface area contributed by atoms with E-state index in [1.54, 1.807) is 12.1 Å². The Morgan fingerprint density at radius 1 is 1.21 bits per heavy atom. The molecular weight excluding hydrogens is 316 g/mol. The quantitative estimate of drug-likeness (QED) is 0.452. The van der Waals surface area contributed by atoms with Crippen molar-refractivity contribution < 1.29 is 23.7 Å². The summed E-state index contributed by atoms with van der Waals surface area (Å²) < 4.78 is 15.6. The van der Waals surface area contributed by atoms with Gasteiger partial charge in [-0.3, -0.25) is 0 Å². The maximum Gasteiger partial charge on any atom is 0.345 e. The van der Waals surface area contributed by atoms with Crippen LogP contribution < -0.4 is 25.7 Å². The third-order valence-electron chi connectivity index (χ3n) is 3.46. The monoisotopic (exact) mass is 334 g/mol. The van der Waals surface area contributed by atoms with Gasteiger partial charge in [-0.2, -0.15) is 0 Å².